The first-order valence-corrected chi connectivity index (χ1v) is 8.65. The summed E-state index contributed by atoms with van der Waals surface area (Å²) in [6.45, 7) is 3.63. The lowest BCUT2D eigenvalue weighted by molar-refractivity contribution is 0.294. The fraction of sp³-hybridized carbons (Fsp3) is 0.350. The van der Waals surface area contributed by atoms with Crippen molar-refractivity contribution in [3.05, 3.63) is 59.4 Å². The first-order chi connectivity index (χ1) is 12.7. The van der Waals surface area contributed by atoms with Gasteiger partial charge in [0.05, 0.1) is 13.7 Å². The number of guanidine groups is 1. The fourth-order valence-electron chi connectivity index (χ4n) is 2.38. The van der Waals surface area contributed by atoms with E-state index >= 15 is 0 Å². The quantitative estimate of drug-likeness (QED) is 0.560. The normalized spacial score (nSPS) is 11.2. The van der Waals surface area contributed by atoms with E-state index in [4.69, 9.17) is 9.47 Å². The molecule has 0 spiro atoms. The van der Waals surface area contributed by atoms with Crippen molar-refractivity contribution < 1.29 is 13.9 Å². The molecule has 0 amide bonds. The molecule has 26 heavy (non-hydrogen) atoms. The number of nitrogens with zero attached hydrogens (tertiary/aromatic N) is 1. The molecule has 0 aliphatic rings. The molecule has 0 saturated carbocycles. The average molecular weight is 359 g/mol. The summed E-state index contributed by atoms with van der Waals surface area (Å²) in [7, 11) is 3.30. The number of hydrogen-bond donors (Lipinski definition) is 2. The predicted octanol–water partition coefficient (Wildman–Crippen LogP) is 3.49. The molecule has 6 heteroatoms. The van der Waals surface area contributed by atoms with Gasteiger partial charge in [0.15, 0.2) is 17.5 Å². The lowest BCUT2D eigenvalue weighted by Gasteiger charge is -2.14. The molecule has 0 aliphatic heterocycles. The van der Waals surface area contributed by atoms with E-state index in [9.17, 15) is 4.39 Å². The minimum absolute atomic E-state index is 0.233. The Balaban J connectivity index is 1.92. The second-order valence-electron chi connectivity index (χ2n) is 5.70. The summed E-state index contributed by atoms with van der Waals surface area (Å²) in [6.07, 6.45) is 0.941. The fourth-order valence-corrected chi connectivity index (χ4v) is 2.38. The van der Waals surface area contributed by atoms with E-state index in [-0.39, 0.29) is 5.82 Å². The van der Waals surface area contributed by atoms with E-state index in [1.54, 1.807) is 26.3 Å². The molecule has 0 heterocycles. The Morgan fingerprint density at radius 2 is 1.85 bits per heavy atom. The Kier molecular flexibility index (Phi) is 7.74. The molecule has 0 radical (unpaired) electrons. The van der Waals surface area contributed by atoms with Crippen LogP contribution in [0.25, 0.3) is 0 Å². The number of ether oxygens (including phenoxy) is 2. The molecule has 0 bridgehead atoms. The number of aliphatic imine (C=N–C) groups is 1. The first kappa shape index (κ1) is 19.6. The van der Waals surface area contributed by atoms with Crippen LogP contribution in [0.1, 0.15) is 24.5 Å². The van der Waals surface area contributed by atoms with Crippen molar-refractivity contribution in [3.63, 3.8) is 0 Å². The van der Waals surface area contributed by atoms with Gasteiger partial charge in [0.1, 0.15) is 5.82 Å². The summed E-state index contributed by atoms with van der Waals surface area (Å²) in [4.78, 5) is 4.16. The summed E-state index contributed by atoms with van der Waals surface area (Å²) >= 11 is 0. The number of hydrogen-bond acceptors (Lipinski definition) is 3. The van der Waals surface area contributed by atoms with Crippen LogP contribution in [0.15, 0.2) is 47.5 Å². The van der Waals surface area contributed by atoms with E-state index in [1.807, 2.05) is 24.3 Å². The van der Waals surface area contributed by atoms with Gasteiger partial charge in [-0.1, -0.05) is 31.2 Å². The van der Waals surface area contributed by atoms with Crippen LogP contribution >= 0.6 is 0 Å². The largest absolute Gasteiger partial charge is 0.493 e. The summed E-state index contributed by atoms with van der Waals surface area (Å²) in [5.74, 6) is 1.80. The second kappa shape index (κ2) is 10.3. The van der Waals surface area contributed by atoms with Crippen LogP contribution in [0.2, 0.25) is 0 Å². The Labute approximate surface area is 154 Å². The van der Waals surface area contributed by atoms with Crippen LogP contribution in [0, 0.1) is 5.82 Å². The minimum atomic E-state index is -0.233. The van der Waals surface area contributed by atoms with Crippen molar-refractivity contribution >= 4 is 5.96 Å². The van der Waals surface area contributed by atoms with Gasteiger partial charge in [0, 0.05) is 25.7 Å². The smallest absolute Gasteiger partial charge is 0.191 e. The highest BCUT2D eigenvalue weighted by Gasteiger charge is 2.07. The third-order valence-corrected chi connectivity index (χ3v) is 3.78. The lowest BCUT2D eigenvalue weighted by atomic mass is 10.2. The Morgan fingerprint density at radius 1 is 1.08 bits per heavy atom. The summed E-state index contributed by atoms with van der Waals surface area (Å²) < 4.78 is 24.7. The van der Waals surface area contributed by atoms with Crippen molar-refractivity contribution in [3.8, 4) is 11.5 Å². The van der Waals surface area contributed by atoms with E-state index in [0.29, 0.717) is 37.0 Å². The van der Waals surface area contributed by atoms with Crippen LogP contribution in [0.5, 0.6) is 11.5 Å². The van der Waals surface area contributed by atoms with Gasteiger partial charge >= 0.3 is 0 Å². The van der Waals surface area contributed by atoms with Crippen molar-refractivity contribution in [2.45, 2.75) is 26.4 Å². The van der Waals surface area contributed by atoms with Crippen LogP contribution in [0.4, 0.5) is 4.39 Å². The SMILES string of the molecule is CCCOc1ccc(CNC(=NC)NCc2ccccc2F)cc1OC. The molecule has 5 nitrogen and oxygen atoms in total. The van der Waals surface area contributed by atoms with Gasteiger partial charge in [-0.05, 0) is 30.2 Å². The monoisotopic (exact) mass is 359 g/mol. The Bertz CT molecular complexity index is 735. The molecule has 0 aliphatic carbocycles. The molecule has 2 N–H and O–H groups in total. The standard InChI is InChI=1S/C20H26FN3O2/c1-4-11-26-18-10-9-15(12-19(18)25-3)13-23-20(22-2)24-14-16-7-5-6-8-17(16)21/h5-10,12H,4,11,13-14H2,1-3H3,(H2,22,23,24). The minimum Gasteiger partial charge on any atom is -0.493 e. The van der Waals surface area contributed by atoms with Gasteiger partial charge in [-0.2, -0.15) is 0 Å². The topological polar surface area (TPSA) is 54.9 Å². The average Bonchev–Trinajstić information content (AvgIpc) is 2.68. The first-order valence-electron chi connectivity index (χ1n) is 8.65. The maximum atomic E-state index is 13.7. The molecule has 2 aromatic rings. The number of benzene rings is 2. The van der Waals surface area contributed by atoms with E-state index in [1.165, 1.54) is 6.07 Å². The molecule has 2 rings (SSSR count). The molecule has 2 aromatic carbocycles. The molecule has 0 fully saturated rings. The molecule has 0 unspecified atom stereocenters. The van der Waals surface area contributed by atoms with Crippen molar-refractivity contribution in [2.24, 2.45) is 4.99 Å². The van der Waals surface area contributed by atoms with Crippen LogP contribution in [-0.4, -0.2) is 26.7 Å². The third-order valence-electron chi connectivity index (χ3n) is 3.78. The van der Waals surface area contributed by atoms with Gasteiger partial charge in [0.2, 0.25) is 0 Å². The van der Waals surface area contributed by atoms with Crippen molar-refractivity contribution in [1.82, 2.24) is 10.6 Å². The van der Waals surface area contributed by atoms with Gasteiger partial charge in [-0.25, -0.2) is 4.39 Å². The molecule has 0 aromatic heterocycles. The van der Waals surface area contributed by atoms with E-state index in [0.717, 1.165) is 17.7 Å². The summed E-state index contributed by atoms with van der Waals surface area (Å²) in [5.41, 5.74) is 1.62. The Hall–Kier alpha value is -2.76. The summed E-state index contributed by atoms with van der Waals surface area (Å²) in [5, 5.41) is 6.32. The molecule has 0 saturated heterocycles. The second-order valence-corrected chi connectivity index (χ2v) is 5.70. The number of rotatable bonds is 8. The Morgan fingerprint density at radius 3 is 2.54 bits per heavy atom. The molecule has 0 atom stereocenters. The molecular formula is C20H26FN3O2. The van der Waals surface area contributed by atoms with Crippen LogP contribution in [0.3, 0.4) is 0 Å². The number of halogens is 1. The highest BCUT2D eigenvalue weighted by Crippen LogP contribution is 2.28. The zero-order chi connectivity index (χ0) is 18.8. The highest BCUT2D eigenvalue weighted by atomic mass is 19.1. The number of methoxy groups -OCH3 is 1. The molecular weight excluding hydrogens is 333 g/mol. The van der Waals surface area contributed by atoms with E-state index in [2.05, 4.69) is 22.5 Å². The maximum Gasteiger partial charge on any atom is 0.191 e. The van der Waals surface area contributed by atoms with Gasteiger partial charge in [-0.15, -0.1) is 0 Å². The third kappa shape index (κ3) is 5.65. The van der Waals surface area contributed by atoms with Gasteiger partial charge in [-0.3, -0.25) is 4.99 Å². The van der Waals surface area contributed by atoms with Crippen LogP contribution in [-0.2, 0) is 13.1 Å². The van der Waals surface area contributed by atoms with Gasteiger partial charge < -0.3 is 20.1 Å². The summed E-state index contributed by atoms with van der Waals surface area (Å²) in [6, 6.07) is 12.5. The number of nitrogens with one attached hydrogen (secondary N) is 2. The zero-order valence-electron chi connectivity index (χ0n) is 15.5. The van der Waals surface area contributed by atoms with Crippen molar-refractivity contribution in [2.75, 3.05) is 20.8 Å². The highest BCUT2D eigenvalue weighted by molar-refractivity contribution is 5.79. The van der Waals surface area contributed by atoms with Gasteiger partial charge in [0.25, 0.3) is 0 Å². The maximum absolute atomic E-state index is 13.7. The lowest BCUT2D eigenvalue weighted by Crippen LogP contribution is -2.36. The van der Waals surface area contributed by atoms with E-state index < -0.39 is 0 Å². The van der Waals surface area contributed by atoms with Crippen molar-refractivity contribution in [1.29, 1.82) is 0 Å². The zero-order valence-corrected chi connectivity index (χ0v) is 15.5. The molecule has 140 valence electrons. The predicted molar refractivity (Wildman–Crippen MR) is 102 cm³/mol. The van der Waals surface area contributed by atoms with Crippen LogP contribution < -0.4 is 20.1 Å².